The number of rotatable bonds is 4. The molecule has 98 valence electrons. The van der Waals surface area contributed by atoms with Gasteiger partial charge in [-0.15, -0.1) is 0 Å². The lowest BCUT2D eigenvalue weighted by Gasteiger charge is -2.37. The highest BCUT2D eigenvalue weighted by Crippen LogP contribution is 2.43. The van der Waals surface area contributed by atoms with Crippen molar-refractivity contribution >= 4 is 0 Å². The summed E-state index contributed by atoms with van der Waals surface area (Å²) in [6, 6.07) is 18.2. The van der Waals surface area contributed by atoms with Crippen molar-refractivity contribution in [3.05, 3.63) is 70.8 Å². The molecule has 1 aliphatic rings. The van der Waals surface area contributed by atoms with E-state index < -0.39 is 0 Å². The number of hydrogen-bond donors (Lipinski definition) is 1. The minimum Gasteiger partial charge on any atom is -0.310 e. The molecule has 1 nitrogen and oxygen atoms in total. The van der Waals surface area contributed by atoms with Crippen LogP contribution in [0.3, 0.4) is 0 Å². The van der Waals surface area contributed by atoms with Crippen LogP contribution in [0.2, 0.25) is 0 Å². The lowest BCUT2D eigenvalue weighted by Crippen LogP contribution is -2.33. The zero-order chi connectivity index (χ0) is 13.2. The lowest BCUT2D eigenvalue weighted by molar-refractivity contribution is 0.419. The van der Waals surface area contributed by atoms with Crippen molar-refractivity contribution in [1.82, 2.24) is 5.32 Å². The highest BCUT2D eigenvalue weighted by Gasteiger charge is 2.33. The summed E-state index contributed by atoms with van der Waals surface area (Å²) < 4.78 is 0. The monoisotopic (exact) mass is 251 g/mol. The quantitative estimate of drug-likeness (QED) is 0.866. The summed E-state index contributed by atoms with van der Waals surface area (Å²) in [7, 11) is 0. The Morgan fingerprint density at radius 2 is 2.00 bits per heavy atom. The average molecular weight is 251 g/mol. The van der Waals surface area contributed by atoms with E-state index >= 15 is 0 Å². The van der Waals surface area contributed by atoms with Crippen LogP contribution in [0, 0.1) is 6.92 Å². The van der Waals surface area contributed by atoms with E-state index in [9.17, 15) is 0 Å². The Bertz CT molecular complexity index is 573. The van der Waals surface area contributed by atoms with Gasteiger partial charge in [0.1, 0.15) is 0 Å². The van der Waals surface area contributed by atoms with E-state index in [0.717, 1.165) is 6.54 Å². The molecule has 1 aliphatic carbocycles. The molecular formula is C18H21N. The average Bonchev–Trinajstić information content (AvgIpc) is 2.39. The Morgan fingerprint density at radius 1 is 1.16 bits per heavy atom. The Hall–Kier alpha value is -1.60. The summed E-state index contributed by atoms with van der Waals surface area (Å²) in [5, 5.41) is 3.67. The number of benzene rings is 2. The predicted molar refractivity (Wildman–Crippen MR) is 80.5 cm³/mol. The summed E-state index contributed by atoms with van der Waals surface area (Å²) in [4.78, 5) is 0. The molecule has 0 heterocycles. The normalized spacial score (nSPS) is 18.5. The first kappa shape index (κ1) is 12.4. The van der Waals surface area contributed by atoms with Crippen LogP contribution in [-0.2, 0) is 6.42 Å². The first-order valence-corrected chi connectivity index (χ1v) is 7.17. The van der Waals surface area contributed by atoms with Gasteiger partial charge in [0, 0.05) is 12.0 Å². The molecule has 2 atom stereocenters. The third-order valence-electron chi connectivity index (χ3n) is 4.12. The number of aryl methyl sites for hydroxylation is 1. The van der Waals surface area contributed by atoms with Crippen LogP contribution in [0.4, 0.5) is 0 Å². The highest BCUT2D eigenvalue weighted by atomic mass is 14.9. The van der Waals surface area contributed by atoms with Crippen LogP contribution in [0.5, 0.6) is 0 Å². The molecule has 0 amide bonds. The maximum atomic E-state index is 3.67. The summed E-state index contributed by atoms with van der Waals surface area (Å²) in [6.07, 6.45) is 1.20. The fourth-order valence-electron chi connectivity index (χ4n) is 3.17. The number of hydrogen-bond acceptors (Lipinski definition) is 1. The molecule has 0 bridgehead atoms. The summed E-state index contributed by atoms with van der Waals surface area (Å²) in [5.74, 6) is 0.623. The van der Waals surface area contributed by atoms with Gasteiger partial charge in [-0.05, 0) is 36.6 Å². The van der Waals surface area contributed by atoms with Crippen molar-refractivity contribution < 1.29 is 0 Å². The molecule has 0 aliphatic heterocycles. The van der Waals surface area contributed by atoms with Crippen molar-refractivity contribution in [3.63, 3.8) is 0 Å². The molecular weight excluding hydrogens is 230 g/mol. The van der Waals surface area contributed by atoms with Gasteiger partial charge >= 0.3 is 0 Å². The summed E-state index contributed by atoms with van der Waals surface area (Å²) >= 11 is 0. The smallest absolute Gasteiger partial charge is 0.0392 e. The van der Waals surface area contributed by atoms with Gasteiger partial charge in [0.15, 0.2) is 0 Å². The zero-order valence-corrected chi connectivity index (χ0v) is 11.7. The number of nitrogens with one attached hydrogen (secondary N) is 1. The standard InChI is InChI=1S/C18H21N/c1-3-19-18(15-9-6-7-13(2)11-15)17-12-14-8-4-5-10-16(14)17/h4-11,17-19H,3,12H2,1-2H3. The van der Waals surface area contributed by atoms with E-state index in [1.807, 2.05) is 0 Å². The summed E-state index contributed by atoms with van der Waals surface area (Å²) in [5.41, 5.74) is 5.80. The third-order valence-corrected chi connectivity index (χ3v) is 4.12. The van der Waals surface area contributed by atoms with Gasteiger partial charge in [0.05, 0.1) is 0 Å². The molecule has 1 heteroatoms. The van der Waals surface area contributed by atoms with Crippen LogP contribution >= 0.6 is 0 Å². The van der Waals surface area contributed by atoms with Crippen LogP contribution in [0.15, 0.2) is 48.5 Å². The molecule has 2 aromatic rings. The second kappa shape index (κ2) is 5.18. The molecule has 0 aromatic heterocycles. The topological polar surface area (TPSA) is 12.0 Å². The SMILES string of the molecule is CCNC(c1cccc(C)c1)C1Cc2ccccc21. The summed E-state index contributed by atoms with van der Waals surface area (Å²) in [6.45, 7) is 5.37. The molecule has 1 N–H and O–H groups in total. The molecule has 2 unspecified atom stereocenters. The molecule has 0 fully saturated rings. The van der Waals surface area contributed by atoms with Crippen LogP contribution in [0.25, 0.3) is 0 Å². The van der Waals surface area contributed by atoms with E-state index in [4.69, 9.17) is 0 Å². The van der Waals surface area contributed by atoms with Crippen molar-refractivity contribution in [2.24, 2.45) is 0 Å². The maximum Gasteiger partial charge on any atom is 0.0392 e. The van der Waals surface area contributed by atoms with Crippen molar-refractivity contribution in [1.29, 1.82) is 0 Å². The van der Waals surface area contributed by atoms with Crippen molar-refractivity contribution in [2.45, 2.75) is 32.2 Å². The highest BCUT2D eigenvalue weighted by molar-refractivity contribution is 5.43. The Morgan fingerprint density at radius 3 is 2.74 bits per heavy atom. The predicted octanol–water partition coefficient (Wildman–Crippen LogP) is 3.99. The third kappa shape index (κ3) is 2.31. The van der Waals surface area contributed by atoms with Gasteiger partial charge < -0.3 is 5.32 Å². The van der Waals surface area contributed by atoms with Crippen molar-refractivity contribution in [3.8, 4) is 0 Å². The van der Waals surface area contributed by atoms with Crippen LogP contribution < -0.4 is 5.32 Å². The molecule has 0 spiro atoms. The van der Waals surface area contributed by atoms with E-state index in [1.165, 1.54) is 28.7 Å². The van der Waals surface area contributed by atoms with E-state index in [0.29, 0.717) is 12.0 Å². The van der Waals surface area contributed by atoms with Gasteiger partial charge in [-0.2, -0.15) is 0 Å². The van der Waals surface area contributed by atoms with Crippen LogP contribution in [-0.4, -0.2) is 6.54 Å². The van der Waals surface area contributed by atoms with Gasteiger partial charge in [-0.1, -0.05) is 61.0 Å². The molecule has 0 radical (unpaired) electrons. The largest absolute Gasteiger partial charge is 0.310 e. The van der Waals surface area contributed by atoms with Crippen molar-refractivity contribution in [2.75, 3.05) is 6.54 Å². The van der Waals surface area contributed by atoms with E-state index in [2.05, 4.69) is 67.7 Å². The van der Waals surface area contributed by atoms with Crippen LogP contribution in [0.1, 0.15) is 41.1 Å². The van der Waals surface area contributed by atoms with Gasteiger partial charge in [0.25, 0.3) is 0 Å². The Labute approximate surface area is 115 Å². The molecule has 2 aromatic carbocycles. The fourth-order valence-corrected chi connectivity index (χ4v) is 3.17. The minimum atomic E-state index is 0.444. The number of fused-ring (bicyclic) bond motifs is 1. The van der Waals surface area contributed by atoms with E-state index in [1.54, 1.807) is 0 Å². The lowest BCUT2D eigenvalue weighted by atomic mass is 9.71. The fraction of sp³-hybridized carbons (Fsp3) is 0.333. The molecule has 3 rings (SSSR count). The molecule has 19 heavy (non-hydrogen) atoms. The van der Waals surface area contributed by atoms with Gasteiger partial charge in [-0.25, -0.2) is 0 Å². The second-order valence-electron chi connectivity index (χ2n) is 5.46. The Kier molecular flexibility index (Phi) is 3.39. The van der Waals surface area contributed by atoms with Gasteiger partial charge in [0.2, 0.25) is 0 Å². The second-order valence-corrected chi connectivity index (χ2v) is 5.46. The van der Waals surface area contributed by atoms with E-state index in [-0.39, 0.29) is 0 Å². The maximum absolute atomic E-state index is 3.67. The first-order valence-electron chi connectivity index (χ1n) is 7.17. The minimum absolute atomic E-state index is 0.444. The first-order chi connectivity index (χ1) is 9.29. The van der Waals surface area contributed by atoms with Gasteiger partial charge in [-0.3, -0.25) is 0 Å². The Balaban J connectivity index is 1.91. The molecule has 0 saturated heterocycles. The zero-order valence-electron chi connectivity index (χ0n) is 11.7. The molecule has 0 saturated carbocycles. The number of likely N-dealkylation sites (N-methyl/N-ethyl adjacent to an activating group) is 1.